The normalized spacial score (nSPS) is 17.3. The fraction of sp³-hybridized carbons (Fsp3) is 0.282. The van der Waals surface area contributed by atoms with E-state index < -0.39 is 35.5 Å². The van der Waals surface area contributed by atoms with E-state index in [1.807, 2.05) is 24.3 Å². The van der Waals surface area contributed by atoms with Crippen LogP contribution in [-0.4, -0.2) is 118 Å². The number of benzene rings is 3. The number of piperazine rings is 1. The molecule has 3 aliphatic heterocycles. The van der Waals surface area contributed by atoms with Crippen LogP contribution in [0.2, 0.25) is 0 Å². The van der Waals surface area contributed by atoms with Crippen molar-refractivity contribution in [1.29, 1.82) is 0 Å². The van der Waals surface area contributed by atoms with Gasteiger partial charge in [0.05, 0.1) is 36.5 Å². The lowest BCUT2D eigenvalue weighted by Gasteiger charge is -2.35. The molecule has 0 spiro atoms. The summed E-state index contributed by atoms with van der Waals surface area (Å²) in [6.45, 7) is 3.64. The average molecular weight is 761 g/mol. The Morgan fingerprint density at radius 1 is 0.946 bits per heavy atom. The molecule has 56 heavy (non-hydrogen) atoms. The molecule has 8 rings (SSSR count). The summed E-state index contributed by atoms with van der Waals surface area (Å²) in [5.74, 6) is -2.36. The first-order valence-corrected chi connectivity index (χ1v) is 18.2. The molecule has 16 nitrogen and oxygen atoms in total. The number of imide groups is 2. The number of hydrogen-bond acceptors (Lipinski definition) is 12. The highest BCUT2D eigenvalue weighted by molar-refractivity contribution is 6.25. The van der Waals surface area contributed by atoms with E-state index >= 15 is 0 Å². The molecule has 2 fully saturated rings. The van der Waals surface area contributed by atoms with Crippen molar-refractivity contribution in [3.8, 4) is 28.4 Å². The van der Waals surface area contributed by atoms with E-state index in [1.54, 1.807) is 30.5 Å². The van der Waals surface area contributed by atoms with Crippen molar-refractivity contribution in [3.05, 3.63) is 83.8 Å². The van der Waals surface area contributed by atoms with Crippen LogP contribution in [0.15, 0.2) is 66.9 Å². The monoisotopic (exact) mass is 760 g/mol. The molecule has 2 saturated heterocycles. The van der Waals surface area contributed by atoms with Crippen LogP contribution in [0.3, 0.4) is 0 Å². The number of carbonyl (C=O) groups is 5. The van der Waals surface area contributed by atoms with E-state index in [-0.39, 0.29) is 54.4 Å². The maximum Gasteiger partial charge on any atom is 0.264 e. The molecule has 3 aromatic carbocycles. The van der Waals surface area contributed by atoms with Crippen LogP contribution in [0, 0.1) is 5.82 Å². The zero-order valence-corrected chi connectivity index (χ0v) is 30.3. The fourth-order valence-corrected chi connectivity index (χ4v) is 7.34. The minimum atomic E-state index is -1.05. The van der Waals surface area contributed by atoms with E-state index in [0.717, 1.165) is 29.2 Å². The summed E-state index contributed by atoms with van der Waals surface area (Å²) >= 11 is 0. The molecule has 17 heteroatoms. The van der Waals surface area contributed by atoms with Gasteiger partial charge in [0, 0.05) is 62.6 Å². The summed E-state index contributed by atoms with van der Waals surface area (Å²) in [5, 5.41) is 15.7. The van der Waals surface area contributed by atoms with Gasteiger partial charge in [-0.15, -0.1) is 0 Å². The van der Waals surface area contributed by atoms with Crippen LogP contribution in [0.5, 0.6) is 5.75 Å². The van der Waals surface area contributed by atoms with Crippen molar-refractivity contribution in [1.82, 2.24) is 40.6 Å². The highest BCUT2D eigenvalue weighted by Crippen LogP contribution is 2.34. The average Bonchev–Trinajstić information content (AvgIpc) is 3.74. The molecule has 0 radical (unpaired) electrons. The van der Waals surface area contributed by atoms with Gasteiger partial charge in [-0.25, -0.2) is 14.4 Å². The number of methoxy groups -OCH3 is 1. The third kappa shape index (κ3) is 6.87. The summed E-state index contributed by atoms with van der Waals surface area (Å²) in [4.78, 5) is 77.5. The predicted octanol–water partition coefficient (Wildman–Crippen LogP) is 2.59. The minimum absolute atomic E-state index is 0.0421. The maximum absolute atomic E-state index is 14.8. The number of ether oxygens (including phenoxy) is 1. The number of halogens is 1. The first kappa shape index (κ1) is 36.2. The third-order valence-electron chi connectivity index (χ3n) is 10.2. The van der Waals surface area contributed by atoms with Crippen LogP contribution in [0.25, 0.3) is 33.7 Å². The number of anilines is 2. The molecule has 0 bridgehead atoms. The summed E-state index contributed by atoms with van der Waals surface area (Å²) in [5.41, 5.74) is 4.62. The quantitative estimate of drug-likeness (QED) is 0.114. The second-order valence-corrected chi connectivity index (χ2v) is 13.6. The van der Waals surface area contributed by atoms with Crippen molar-refractivity contribution in [2.75, 3.05) is 63.1 Å². The lowest BCUT2D eigenvalue weighted by Crippen LogP contribution is -2.54. The van der Waals surface area contributed by atoms with Crippen LogP contribution in [-0.2, 0) is 14.4 Å². The van der Waals surface area contributed by atoms with Gasteiger partial charge in [0.15, 0.2) is 5.82 Å². The molecule has 286 valence electrons. The number of nitrogens with zero attached hydrogens (tertiary/aromatic N) is 6. The number of amides is 5. The first-order chi connectivity index (χ1) is 27.2. The maximum atomic E-state index is 14.8. The molecule has 2 aromatic heterocycles. The molecule has 1 atom stereocenters. The van der Waals surface area contributed by atoms with Gasteiger partial charge < -0.3 is 20.3 Å². The van der Waals surface area contributed by atoms with Crippen LogP contribution in [0.4, 0.5) is 15.8 Å². The number of aromatic nitrogens is 4. The van der Waals surface area contributed by atoms with Crippen LogP contribution >= 0.6 is 0 Å². The van der Waals surface area contributed by atoms with Crippen molar-refractivity contribution >= 4 is 51.9 Å². The zero-order chi connectivity index (χ0) is 38.9. The number of hydrogen-bond donors (Lipinski definition) is 4. The predicted molar refractivity (Wildman–Crippen MR) is 202 cm³/mol. The molecule has 5 aromatic rings. The Balaban J connectivity index is 0.817. The number of fused-ring (bicyclic) bond motifs is 2. The molecule has 1 unspecified atom stereocenters. The standard InChI is InChI=1S/C39H37FN10O6/c1-56-29-7-3-5-25(40)33(29)36-43-20-27-35(45-36)34(47-46-27)22-8-10-23(11-9-22)49-18-16-48(17-19-49)21-31(52)42-15-14-41-26-6-2-4-24-32(26)39(55)50(38(24)54)28-12-13-30(51)44-37(28)53/h2-11,20,28,41H,12-19,21H2,1H3,(H,42,52)(H,46,47)(H,44,51,53). The van der Waals surface area contributed by atoms with Gasteiger partial charge in [-0.1, -0.05) is 24.3 Å². The Bertz CT molecular complexity index is 2380. The number of piperidine rings is 1. The number of nitrogens with one attached hydrogen (secondary N) is 4. The van der Waals surface area contributed by atoms with E-state index in [9.17, 15) is 28.4 Å². The molecule has 4 N–H and O–H groups in total. The molecule has 0 aliphatic carbocycles. The molecule has 3 aliphatic rings. The smallest absolute Gasteiger partial charge is 0.264 e. The zero-order valence-electron chi connectivity index (χ0n) is 30.3. The lowest BCUT2D eigenvalue weighted by molar-refractivity contribution is -0.136. The van der Waals surface area contributed by atoms with Crippen LogP contribution < -0.4 is 25.6 Å². The number of carbonyl (C=O) groups excluding carboxylic acids is 5. The Hall–Kier alpha value is -6.75. The van der Waals surface area contributed by atoms with E-state index in [2.05, 4.69) is 45.9 Å². The summed E-state index contributed by atoms with van der Waals surface area (Å²) in [6, 6.07) is 16.3. The molecule has 5 amide bonds. The summed E-state index contributed by atoms with van der Waals surface area (Å²) in [7, 11) is 1.47. The summed E-state index contributed by atoms with van der Waals surface area (Å²) in [6.07, 6.45) is 1.70. The minimum Gasteiger partial charge on any atom is -0.496 e. The van der Waals surface area contributed by atoms with Gasteiger partial charge in [0.1, 0.15) is 34.3 Å². The number of aromatic amines is 1. The number of H-pyrrole nitrogens is 1. The van der Waals surface area contributed by atoms with Crippen molar-refractivity contribution in [3.63, 3.8) is 0 Å². The SMILES string of the molecule is COc1cccc(F)c1-c1ncc2[nH]nc(-c3ccc(N4CCN(CC(=O)NCCNc5cccc6c5C(=O)N(C5CCC(=O)NC5=O)C6=O)CC4)cc3)c2n1. The Morgan fingerprint density at radius 3 is 2.50 bits per heavy atom. The Kier molecular flexibility index (Phi) is 9.82. The number of rotatable bonds is 11. The second-order valence-electron chi connectivity index (χ2n) is 13.6. The van der Waals surface area contributed by atoms with Gasteiger partial charge in [-0.05, 0) is 42.8 Å². The highest BCUT2D eigenvalue weighted by atomic mass is 19.1. The molecule has 5 heterocycles. The largest absolute Gasteiger partial charge is 0.496 e. The highest BCUT2D eigenvalue weighted by Gasteiger charge is 2.45. The topological polar surface area (TPSA) is 195 Å². The van der Waals surface area contributed by atoms with Gasteiger partial charge in [0.25, 0.3) is 11.8 Å². The van der Waals surface area contributed by atoms with Gasteiger partial charge >= 0.3 is 0 Å². The second kappa shape index (κ2) is 15.2. The van der Waals surface area contributed by atoms with Gasteiger partial charge in [-0.2, -0.15) is 5.10 Å². The fourth-order valence-electron chi connectivity index (χ4n) is 7.34. The Labute approximate surface area is 319 Å². The van der Waals surface area contributed by atoms with E-state index in [4.69, 9.17) is 4.74 Å². The van der Waals surface area contributed by atoms with Gasteiger partial charge in [0.2, 0.25) is 17.7 Å². The molecule has 0 saturated carbocycles. The summed E-state index contributed by atoms with van der Waals surface area (Å²) < 4.78 is 20.1. The van der Waals surface area contributed by atoms with Gasteiger partial charge in [-0.3, -0.25) is 44.2 Å². The van der Waals surface area contributed by atoms with Crippen molar-refractivity contribution in [2.45, 2.75) is 18.9 Å². The van der Waals surface area contributed by atoms with E-state index in [1.165, 1.54) is 19.2 Å². The third-order valence-corrected chi connectivity index (χ3v) is 10.2. The Morgan fingerprint density at radius 2 is 1.73 bits per heavy atom. The van der Waals surface area contributed by atoms with E-state index in [0.29, 0.717) is 47.8 Å². The first-order valence-electron chi connectivity index (χ1n) is 18.2. The lowest BCUT2D eigenvalue weighted by atomic mass is 10.0. The van der Waals surface area contributed by atoms with Crippen LogP contribution in [0.1, 0.15) is 33.6 Å². The van der Waals surface area contributed by atoms with Crippen molar-refractivity contribution < 1.29 is 33.1 Å². The molecular formula is C39H37FN10O6. The molecular weight excluding hydrogens is 723 g/mol. The van der Waals surface area contributed by atoms with Crippen molar-refractivity contribution in [2.24, 2.45) is 0 Å².